The van der Waals surface area contributed by atoms with Gasteiger partial charge in [-0.25, -0.2) is 0 Å². The first kappa shape index (κ1) is 16.4. The minimum atomic E-state index is -0.214. The number of aliphatic hydroxyl groups is 1. The van der Waals surface area contributed by atoms with E-state index in [0.29, 0.717) is 26.2 Å². The molecule has 0 saturated heterocycles. The number of nitrogens with one attached hydrogen (secondary N) is 1. The van der Waals surface area contributed by atoms with E-state index in [0.717, 1.165) is 6.42 Å². The van der Waals surface area contributed by atoms with Crippen molar-refractivity contribution in [1.82, 2.24) is 5.32 Å². The van der Waals surface area contributed by atoms with E-state index in [-0.39, 0.29) is 24.7 Å². The van der Waals surface area contributed by atoms with Crippen LogP contribution in [0.2, 0.25) is 0 Å². The number of carbonyl (C=O) groups excluding carboxylic acids is 1. The van der Waals surface area contributed by atoms with Gasteiger partial charge in [-0.15, -0.1) is 0 Å². The smallest absolute Gasteiger partial charge is 0.246 e. The van der Waals surface area contributed by atoms with Gasteiger partial charge < -0.3 is 19.9 Å². The molecule has 17 heavy (non-hydrogen) atoms. The predicted molar refractivity (Wildman–Crippen MR) is 65.9 cm³/mol. The van der Waals surface area contributed by atoms with Crippen molar-refractivity contribution in [2.45, 2.75) is 39.2 Å². The van der Waals surface area contributed by atoms with Gasteiger partial charge >= 0.3 is 0 Å². The van der Waals surface area contributed by atoms with Crippen LogP contribution >= 0.6 is 0 Å². The van der Waals surface area contributed by atoms with Gasteiger partial charge in [0, 0.05) is 32.0 Å². The van der Waals surface area contributed by atoms with Crippen molar-refractivity contribution in [3.63, 3.8) is 0 Å². The van der Waals surface area contributed by atoms with Crippen LogP contribution in [-0.4, -0.2) is 49.6 Å². The molecular weight excluding hydrogens is 222 g/mol. The van der Waals surface area contributed by atoms with Crippen molar-refractivity contribution in [1.29, 1.82) is 0 Å². The Hall–Kier alpha value is -0.650. The van der Waals surface area contributed by atoms with Crippen molar-refractivity contribution >= 4 is 5.91 Å². The van der Waals surface area contributed by atoms with Gasteiger partial charge in [-0.3, -0.25) is 4.79 Å². The SMILES string of the molecule is CC(C)(C)NC(=O)COCCCOCCCO. The van der Waals surface area contributed by atoms with Gasteiger partial charge in [0.15, 0.2) is 0 Å². The fourth-order valence-corrected chi connectivity index (χ4v) is 1.15. The van der Waals surface area contributed by atoms with E-state index < -0.39 is 0 Å². The van der Waals surface area contributed by atoms with Crippen LogP contribution in [0.15, 0.2) is 0 Å². The van der Waals surface area contributed by atoms with Crippen molar-refractivity contribution in [2.75, 3.05) is 33.0 Å². The first-order valence-corrected chi connectivity index (χ1v) is 6.03. The molecular formula is C12H25NO4. The molecule has 0 aromatic heterocycles. The van der Waals surface area contributed by atoms with Crippen LogP contribution in [-0.2, 0) is 14.3 Å². The quantitative estimate of drug-likeness (QED) is 0.589. The summed E-state index contributed by atoms with van der Waals surface area (Å²) in [7, 11) is 0. The van der Waals surface area contributed by atoms with Crippen LogP contribution in [0.4, 0.5) is 0 Å². The molecule has 0 aromatic carbocycles. The van der Waals surface area contributed by atoms with E-state index in [2.05, 4.69) is 5.32 Å². The molecule has 0 spiro atoms. The number of hydrogen-bond acceptors (Lipinski definition) is 4. The summed E-state index contributed by atoms with van der Waals surface area (Å²) < 4.78 is 10.4. The fourth-order valence-electron chi connectivity index (χ4n) is 1.15. The minimum Gasteiger partial charge on any atom is -0.396 e. The Morgan fingerprint density at radius 2 is 1.71 bits per heavy atom. The van der Waals surface area contributed by atoms with Crippen LogP contribution in [0, 0.1) is 0 Å². The maximum Gasteiger partial charge on any atom is 0.246 e. The molecule has 0 aliphatic carbocycles. The Morgan fingerprint density at radius 3 is 2.29 bits per heavy atom. The number of ether oxygens (including phenoxy) is 2. The van der Waals surface area contributed by atoms with Gasteiger partial charge in [-0.1, -0.05) is 0 Å². The predicted octanol–water partition coefficient (Wildman–Crippen LogP) is 0.707. The summed E-state index contributed by atoms with van der Waals surface area (Å²) in [4.78, 5) is 11.3. The lowest BCUT2D eigenvalue weighted by atomic mass is 10.1. The molecule has 0 aromatic rings. The summed E-state index contributed by atoms with van der Waals surface area (Å²) in [5, 5.41) is 11.3. The largest absolute Gasteiger partial charge is 0.396 e. The number of rotatable bonds is 9. The topological polar surface area (TPSA) is 67.8 Å². The second kappa shape index (κ2) is 9.39. The molecule has 5 nitrogen and oxygen atoms in total. The van der Waals surface area contributed by atoms with Crippen LogP contribution in [0.5, 0.6) is 0 Å². The van der Waals surface area contributed by atoms with Crippen molar-refractivity contribution in [2.24, 2.45) is 0 Å². The van der Waals surface area contributed by atoms with Gasteiger partial charge in [-0.2, -0.15) is 0 Å². The van der Waals surface area contributed by atoms with Crippen LogP contribution in [0.3, 0.4) is 0 Å². The highest BCUT2D eigenvalue weighted by Crippen LogP contribution is 1.97. The molecule has 0 unspecified atom stereocenters. The van der Waals surface area contributed by atoms with Crippen LogP contribution < -0.4 is 5.32 Å². The highest BCUT2D eigenvalue weighted by Gasteiger charge is 2.13. The third kappa shape index (κ3) is 13.3. The van der Waals surface area contributed by atoms with E-state index in [1.54, 1.807) is 0 Å². The Bertz CT molecular complexity index is 201. The van der Waals surface area contributed by atoms with E-state index in [4.69, 9.17) is 14.6 Å². The van der Waals surface area contributed by atoms with E-state index in [1.807, 2.05) is 20.8 Å². The molecule has 0 bridgehead atoms. The summed E-state index contributed by atoms with van der Waals surface area (Å²) in [6.07, 6.45) is 1.42. The average Bonchev–Trinajstić information content (AvgIpc) is 2.19. The molecule has 102 valence electrons. The normalized spacial score (nSPS) is 11.5. The summed E-state index contributed by atoms with van der Waals surface area (Å²) in [6.45, 7) is 7.72. The maximum atomic E-state index is 11.3. The fraction of sp³-hybridized carbons (Fsp3) is 0.917. The zero-order chi connectivity index (χ0) is 13.1. The Labute approximate surface area is 103 Å². The number of hydrogen-bond donors (Lipinski definition) is 2. The van der Waals surface area contributed by atoms with Gasteiger partial charge in [0.1, 0.15) is 6.61 Å². The molecule has 1 amide bonds. The lowest BCUT2D eigenvalue weighted by Crippen LogP contribution is -2.42. The summed E-state index contributed by atoms with van der Waals surface area (Å²) in [5.74, 6) is -0.0984. The zero-order valence-corrected chi connectivity index (χ0v) is 11.1. The third-order valence-corrected chi connectivity index (χ3v) is 1.77. The number of carbonyl (C=O) groups is 1. The molecule has 0 fully saturated rings. The molecule has 0 aliphatic rings. The molecule has 5 heteroatoms. The second-order valence-electron chi connectivity index (χ2n) is 4.89. The third-order valence-electron chi connectivity index (χ3n) is 1.77. The van der Waals surface area contributed by atoms with Gasteiger partial charge in [-0.05, 0) is 33.6 Å². The van der Waals surface area contributed by atoms with E-state index in [1.165, 1.54) is 0 Å². The molecule has 0 heterocycles. The molecule has 0 rings (SSSR count). The number of aliphatic hydroxyl groups excluding tert-OH is 1. The average molecular weight is 247 g/mol. The van der Waals surface area contributed by atoms with Crippen molar-refractivity contribution in [3.05, 3.63) is 0 Å². The zero-order valence-electron chi connectivity index (χ0n) is 11.1. The molecule has 0 atom stereocenters. The summed E-state index contributed by atoms with van der Waals surface area (Å²) in [6, 6.07) is 0. The van der Waals surface area contributed by atoms with Crippen molar-refractivity contribution < 1.29 is 19.4 Å². The minimum absolute atomic E-state index is 0.0912. The highest BCUT2D eigenvalue weighted by atomic mass is 16.5. The van der Waals surface area contributed by atoms with Gasteiger partial charge in [0.05, 0.1) is 0 Å². The molecule has 0 aliphatic heterocycles. The Kier molecular flexibility index (Phi) is 9.03. The van der Waals surface area contributed by atoms with Crippen molar-refractivity contribution in [3.8, 4) is 0 Å². The highest BCUT2D eigenvalue weighted by molar-refractivity contribution is 5.77. The summed E-state index contributed by atoms with van der Waals surface area (Å²) in [5.41, 5.74) is -0.214. The lowest BCUT2D eigenvalue weighted by Gasteiger charge is -2.20. The van der Waals surface area contributed by atoms with Gasteiger partial charge in [0.25, 0.3) is 0 Å². The standard InChI is InChI=1S/C12H25NO4/c1-12(2,3)13-11(15)10-17-9-5-8-16-7-4-6-14/h14H,4-10H2,1-3H3,(H,13,15). The molecule has 0 radical (unpaired) electrons. The van der Waals surface area contributed by atoms with E-state index >= 15 is 0 Å². The molecule has 0 saturated carbocycles. The lowest BCUT2D eigenvalue weighted by molar-refractivity contribution is -0.127. The number of amides is 1. The Balaban J connectivity index is 3.25. The van der Waals surface area contributed by atoms with Crippen LogP contribution in [0.1, 0.15) is 33.6 Å². The Morgan fingerprint density at radius 1 is 1.12 bits per heavy atom. The second-order valence-corrected chi connectivity index (χ2v) is 4.89. The van der Waals surface area contributed by atoms with Gasteiger partial charge in [0.2, 0.25) is 5.91 Å². The van der Waals surface area contributed by atoms with E-state index in [9.17, 15) is 4.79 Å². The first-order chi connectivity index (χ1) is 7.95. The monoisotopic (exact) mass is 247 g/mol. The molecule has 2 N–H and O–H groups in total. The van der Waals surface area contributed by atoms with Crippen LogP contribution in [0.25, 0.3) is 0 Å². The summed E-state index contributed by atoms with van der Waals surface area (Å²) >= 11 is 0. The first-order valence-electron chi connectivity index (χ1n) is 6.03. The maximum absolute atomic E-state index is 11.3.